The van der Waals surface area contributed by atoms with Crippen LogP contribution in [0.1, 0.15) is 15.9 Å². The molecular weight excluding hydrogens is 446 g/mol. The maximum Gasteiger partial charge on any atom is 0.276 e. The standard InChI is InChI=1S/C23H23N3O6S/c1-31-20-12-5-6-13-21(20)32-16-22(27)25-26-23(28)18-10-7-11-19(14-18)33(29,30)24-15-17-8-3-2-4-9-17/h2-14,24H,15-16H2,1H3,(H,25,27)(H,26,28). The first kappa shape index (κ1) is 23.8. The maximum atomic E-state index is 12.6. The summed E-state index contributed by atoms with van der Waals surface area (Å²) in [6.07, 6.45) is 0. The van der Waals surface area contributed by atoms with E-state index in [4.69, 9.17) is 9.47 Å². The number of methoxy groups -OCH3 is 1. The van der Waals surface area contributed by atoms with Gasteiger partial charge in [-0.05, 0) is 35.9 Å². The first-order valence-electron chi connectivity index (χ1n) is 9.88. The van der Waals surface area contributed by atoms with E-state index in [1.807, 2.05) is 18.2 Å². The lowest BCUT2D eigenvalue weighted by atomic mass is 10.2. The van der Waals surface area contributed by atoms with Crippen LogP contribution in [0.4, 0.5) is 0 Å². The van der Waals surface area contributed by atoms with Gasteiger partial charge in [0.1, 0.15) is 0 Å². The Morgan fingerprint density at radius 3 is 2.27 bits per heavy atom. The largest absolute Gasteiger partial charge is 0.493 e. The fourth-order valence-electron chi connectivity index (χ4n) is 2.78. The number of ether oxygens (including phenoxy) is 2. The van der Waals surface area contributed by atoms with Gasteiger partial charge in [0.15, 0.2) is 18.1 Å². The van der Waals surface area contributed by atoms with Crippen LogP contribution >= 0.6 is 0 Å². The summed E-state index contributed by atoms with van der Waals surface area (Å²) in [6.45, 7) is -0.250. The molecule has 0 heterocycles. The van der Waals surface area contributed by atoms with Gasteiger partial charge in [-0.15, -0.1) is 0 Å². The summed E-state index contributed by atoms with van der Waals surface area (Å²) in [5.74, 6) is -0.445. The third-order valence-electron chi connectivity index (χ3n) is 4.46. The van der Waals surface area contributed by atoms with Crippen LogP contribution in [0.15, 0.2) is 83.8 Å². The Bertz CT molecular complexity index is 1220. The van der Waals surface area contributed by atoms with E-state index in [0.717, 1.165) is 5.56 Å². The van der Waals surface area contributed by atoms with Crippen molar-refractivity contribution in [1.29, 1.82) is 0 Å². The molecule has 0 unspecified atom stereocenters. The van der Waals surface area contributed by atoms with Gasteiger partial charge >= 0.3 is 0 Å². The normalized spacial score (nSPS) is 10.8. The number of sulfonamides is 1. The van der Waals surface area contributed by atoms with E-state index in [2.05, 4.69) is 15.6 Å². The minimum absolute atomic E-state index is 0.0588. The van der Waals surface area contributed by atoms with Gasteiger partial charge in [-0.1, -0.05) is 48.5 Å². The molecule has 3 aromatic rings. The molecule has 2 amide bonds. The minimum Gasteiger partial charge on any atom is -0.493 e. The Labute approximate surface area is 191 Å². The van der Waals surface area contributed by atoms with Crippen LogP contribution in [0, 0.1) is 0 Å². The summed E-state index contributed by atoms with van der Waals surface area (Å²) in [4.78, 5) is 24.3. The number of rotatable bonds is 9. The quantitative estimate of drug-likeness (QED) is 0.412. The Balaban J connectivity index is 1.55. The number of hydrogen-bond donors (Lipinski definition) is 3. The molecule has 0 aromatic heterocycles. The molecule has 0 saturated carbocycles. The van der Waals surface area contributed by atoms with Gasteiger partial charge in [0.05, 0.1) is 12.0 Å². The molecule has 0 bridgehead atoms. The summed E-state index contributed by atoms with van der Waals surface area (Å²) in [5, 5.41) is 0. The molecule has 3 rings (SSSR count). The molecular formula is C23H23N3O6S. The molecule has 172 valence electrons. The van der Waals surface area contributed by atoms with E-state index in [-0.39, 0.29) is 23.6 Å². The number of hydrogen-bond acceptors (Lipinski definition) is 6. The zero-order chi connectivity index (χ0) is 23.7. The number of nitrogens with one attached hydrogen (secondary N) is 3. The first-order chi connectivity index (χ1) is 15.9. The molecule has 0 spiro atoms. The molecule has 0 radical (unpaired) electrons. The molecule has 33 heavy (non-hydrogen) atoms. The fourth-order valence-corrected chi connectivity index (χ4v) is 3.84. The number of carbonyl (C=O) groups is 2. The lowest BCUT2D eigenvalue weighted by Crippen LogP contribution is -2.43. The fraction of sp³-hybridized carbons (Fsp3) is 0.130. The second kappa shape index (κ2) is 11.1. The van der Waals surface area contributed by atoms with Crippen LogP contribution in [0.5, 0.6) is 11.5 Å². The molecule has 3 aromatic carbocycles. The summed E-state index contributed by atoms with van der Waals surface area (Å²) in [6, 6.07) is 21.3. The zero-order valence-corrected chi connectivity index (χ0v) is 18.6. The molecule has 10 heteroatoms. The summed E-state index contributed by atoms with van der Waals surface area (Å²) < 4.78 is 38.2. The van der Waals surface area contributed by atoms with Gasteiger partial charge in [-0.25, -0.2) is 13.1 Å². The van der Waals surface area contributed by atoms with E-state index in [0.29, 0.717) is 11.5 Å². The molecule has 0 aliphatic heterocycles. The predicted molar refractivity (Wildman–Crippen MR) is 121 cm³/mol. The van der Waals surface area contributed by atoms with Gasteiger partial charge in [0, 0.05) is 12.1 Å². The number of carbonyl (C=O) groups excluding carboxylic acids is 2. The van der Waals surface area contributed by atoms with Crippen molar-refractivity contribution < 1.29 is 27.5 Å². The summed E-state index contributed by atoms with van der Waals surface area (Å²) in [5.41, 5.74) is 5.32. The molecule has 3 N–H and O–H groups in total. The van der Waals surface area contributed by atoms with Gasteiger partial charge in [0.2, 0.25) is 10.0 Å². The Hall–Kier alpha value is -3.89. The zero-order valence-electron chi connectivity index (χ0n) is 17.8. The van der Waals surface area contributed by atoms with E-state index < -0.39 is 21.8 Å². The highest BCUT2D eigenvalue weighted by Crippen LogP contribution is 2.25. The highest BCUT2D eigenvalue weighted by Gasteiger charge is 2.17. The Morgan fingerprint density at radius 1 is 0.848 bits per heavy atom. The molecule has 0 fully saturated rings. The second-order valence-corrected chi connectivity index (χ2v) is 8.55. The van der Waals surface area contributed by atoms with Gasteiger partial charge < -0.3 is 9.47 Å². The van der Waals surface area contributed by atoms with Gasteiger partial charge in [0.25, 0.3) is 11.8 Å². The third kappa shape index (κ3) is 6.79. The molecule has 0 aliphatic rings. The number of amides is 2. The molecule has 0 saturated heterocycles. The van der Waals surface area contributed by atoms with Crippen LogP contribution in [0.2, 0.25) is 0 Å². The lowest BCUT2D eigenvalue weighted by Gasteiger charge is -2.11. The Morgan fingerprint density at radius 2 is 1.55 bits per heavy atom. The predicted octanol–water partition coefficient (Wildman–Crippen LogP) is 2.01. The monoisotopic (exact) mass is 469 g/mol. The minimum atomic E-state index is -3.84. The topological polar surface area (TPSA) is 123 Å². The highest BCUT2D eigenvalue weighted by atomic mass is 32.2. The average molecular weight is 470 g/mol. The van der Waals surface area contributed by atoms with E-state index in [9.17, 15) is 18.0 Å². The molecule has 0 aliphatic carbocycles. The smallest absolute Gasteiger partial charge is 0.276 e. The summed E-state index contributed by atoms with van der Waals surface area (Å²) >= 11 is 0. The van der Waals surface area contributed by atoms with Crippen LogP contribution in [-0.4, -0.2) is 33.9 Å². The summed E-state index contributed by atoms with van der Waals surface area (Å²) in [7, 11) is -2.36. The van der Waals surface area contributed by atoms with Gasteiger partial charge in [-0.2, -0.15) is 0 Å². The van der Waals surface area contributed by atoms with Crippen molar-refractivity contribution in [1.82, 2.24) is 15.6 Å². The number of para-hydroxylation sites is 2. The van der Waals surface area contributed by atoms with Crippen molar-refractivity contribution in [2.24, 2.45) is 0 Å². The second-order valence-electron chi connectivity index (χ2n) is 6.78. The van der Waals surface area contributed by atoms with Crippen LogP contribution < -0.4 is 25.0 Å². The van der Waals surface area contributed by atoms with Crippen LogP contribution in [0.25, 0.3) is 0 Å². The van der Waals surface area contributed by atoms with Crippen molar-refractivity contribution in [3.8, 4) is 11.5 Å². The van der Waals surface area contributed by atoms with Gasteiger partial charge in [-0.3, -0.25) is 20.4 Å². The van der Waals surface area contributed by atoms with Crippen molar-refractivity contribution in [3.05, 3.63) is 90.0 Å². The average Bonchev–Trinajstić information content (AvgIpc) is 2.85. The maximum absolute atomic E-state index is 12.6. The van der Waals surface area contributed by atoms with E-state index in [1.165, 1.54) is 31.4 Å². The lowest BCUT2D eigenvalue weighted by molar-refractivity contribution is -0.123. The third-order valence-corrected chi connectivity index (χ3v) is 5.86. The van der Waals surface area contributed by atoms with Crippen molar-refractivity contribution in [2.45, 2.75) is 11.4 Å². The van der Waals surface area contributed by atoms with Crippen molar-refractivity contribution in [2.75, 3.05) is 13.7 Å². The SMILES string of the molecule is COc1ccccc1OCC(=O)NNC(=O)c1cccc(S(=O)(=O)NCc2ccccc2)c1. The molecule has 9 nitrogen and oxygen atoms in total. The van der Waals surface area contributed by atoms with Crippen LogP contribution in [0.3, 0.4) is 0 Å². The van der Waals surface area contributed by atoms with E-state index >= 15 is 0 Å². The molecule has 0 atom stereocenters. The first-order valence-corrected chi connectivity index (χ1v) is 11.4. The van der Waals surface area contributed by atoms with Crippen molar-refractivity contribution in [3.63, 3.8) is 0 Å². The number of hydrazine groups is 1. The Kier molecular flexibility index (Phi) is 8.01. The number of benzene rings is 3. The van der Waals surface area contributed by atoms with Crippen molar-refractivity contribution >= 4 is 21.8 Å². The van der Waals surface area contributed by atoms with Crippen LogP contribution in [-0.2, 0) is 21.4 Å². The van der Waals surface area contributed by atoms with E-state index in [1.54, 1.807) is 36.4 Å². The highest BCUT2D eigenvalue weighted by molar-refractivity contribution is 7.89.